The number of halogens is 6. The second kappa shape index (κ2) is 20.3. The van der Waals surface area contributed by atoms with Crippen molar-refractivity contribution in [1.82, 2.24) is 0 Å². The Balaban J connectivity index is 0.000000293. The predicted molar refractivity (Wildman–Crippen MR) is 207 cm³/mol. The number of benzene rings is 4. The molecule has 2 aliphatic carbocycles. The number of hydrogen-bond donors (Lipinski definition) is 0. The number of hydrogen-bond acceptors (Lipinski definition) is 0. The molecule has 0 N–H and O–H groups in total. The first kappa shape index (κ1) is 45.0. The van der Waals surface area contributed by atoms with E-state index in [9.17, 15) is 0 Å². The second-order valence-corrected chi connectivity index (χ2v) is 16.6. The smallest absolute Gasteiger partial charge is 0.109 e. The van der Waals surface area contributed by atoms with Gasteiger partial charge < -0.3 is 24.8 Å². The number of fused-ring (bicyclic) bond motifs is 3. The molecule has 0 saturated carbocycles. The maximum Gasteiger partial charge on any atom is -0.109 e. The Morgan fingerprint density at radius 2 is 1.14 bits per heavy atom. The maximum absolute atomic E-state index is 5.99. The van der Waals surface area contributed by atoms with E-state index in [-0.39, 0.29) is 35.6 Å². The van der Waals surface area contributed by atoms with E-state index in [4.69, 9.17) is 46.4 Å². The molecule has 4 aromatic carbocycles. The largest absolute Gasteiger partial charge is 1.00 e. The molecule has 4 aromatic rings. The molecule has 2 aliphatic rings. The molecule has 0 aliphatic heterocycles. The zero-order valence-corrected chi connectivity index (χ0v) is 36.6. The van der Waals surface area contributed by atoms with Crippen LogP contribution in [0.3, 0.4) is 0 Å². The van der Waals surface area contributed by atoms with Gasteiger partial charge in [0.1, 0.15) is 0 Å². The first-order valence-electron chi connectivity index (χ1n) is 16.3. The minimum absolute atomic E-state index is 0. The Labute approximate surface area is 348 Å². The standard InChI is InChI=1S/C21H25.C17H14Cl4.C5H5.2ClH.Zr/c1-20(2,3)16-9-7-14-11-15-8-10-17(21(4,5)6)13-19(15)18(14)12-16;18-8-14-2-12(3-15(6-14)9-19)1-13-4-16(10-20)7-17(5-13)11-21;1-2-4-5-3-1;;;/h7,9-10,12-13H,11H2,1-6H3;2-7H,8-11H2;1-3H,4H2;2*1H;/q-1;;-1;;;+2/p-2. The summed E-state index contributed by atoms with van der Waals surface area (Å²) in [4.78, 5) is 0. The number of alkyl halides is 4. The summed E-state index contributed by atoms with van der Waals surface area (Å²) >= 11 is 25.3. The molecule has 0 spiro atoms. The van der Waals surface area contributed by atoms with Crippen molar-refractivity contribution in [2.75, 3.05) is 0 Å². The molecule has 0 fully saturated rings. The van der Waals surface area contributed by atoms with Gasteiger partial charge >= 0.3 is 167 Å². The normalized spacial score (nSPS) is 12.4. The molecule has 0 radical (unpaired) electrons. The zero-order valence-electron chi connectivity index (χ0n) is 29.6. The third kappa shape index (κ3) is 12.2. The van der Waals surface area contributed by atoms with Crippen molar-refractivity contribution in [3.8, 4) is 11.1 Å². The van der Waals surface area contributed by atoms with Gasteiger partial charge in [0, 0.05) is 0 Å². The molecule has 0 unspecified atom stereocenters. The van der Waals surface area contributed by atoms with E-state index in [1.807, 2.05) is 24.3 Å². The van der Waals surface area contributed by atoms with Crippen LogP contribution in [0.25, 0.3) is 11.1 Å². The first-order chi connectivity index (χ1) is 22.8. The monoisotopic (exact) mass is 860 g/mol. The number of rotatable bonds is 6. The second-order valence-electron chi connectivity index (χ2n) is 14.3. The Bertz CT molecular complexity index is 1630. The Morgan fingerprint density at radius 1 is 0.660 bits per heavy atom. The summed E-state index contributed by atoms with van der Waals surface area (Å²) < 4.78 is 1.25. The summed E-state index contributed by atoms with van der Waals surface area (Å²) in [6.45, 7) is 13.6. The zero-order chi connectivity index (χ0) is 35.1. The van der Waals surface area contributed by atoms with Gasteiger partial charge in [0.05, 0.1) is 0 Å². The van der Waals surface area contributed by atoms with Crippen molar-refractivity contribution in [2.45, 2.75) is 88.7 Å². The van der Waals surface area contributed by atoms with Crippen LogP contribution in [-0.2, 0) is 65.0 Å². The summed E-state index contributed by atoms with van der Waals surface area (Å²) in [6.07, 6.45) is 11.0. The van der Waals surface area contributed by atoms with E-state index in [0.717, 1.165) is 35.1 Å². The van der Waals surface area contributed by atoms with Crippen LogP contribution in [0, 0.1) is 12.1 Å². The topological polar surface area (TPSA) is 0 Å². The SMILES string of the molecule is CC(C)(C)c1c[c-]c2c(c1)-c1cc(C(C)(C)C)ccc1C2.ClCc1cc(CCl)cc([C](=[Zr+2])c2cc(CCl)cc(CCl)c2)c1.[C-]1=CC=CC1.[Cl-].[Cl-]. The minimum Gasteiger partial charge on any atom is -1.00 e. The average Bonchev–Trinajstić information content (AvgIpc) is 3.78. The maximum atomic E-state index is 5.99. The molecule has 50 heavy (non-hydrogen) atoms. The summed E-state index contributed by atoms with van der Waals surface area (Å²) in [6, 6.07) is 27.7. The predicted octanol–water partition coefficient (Wildman–Crippen LogP) is 6.72. The minimum atomic E-state index is 0. The van der Waals surface area contributed by atoms with Gasteiger partial charge in [-0.1, -0.05) is 76.3 Å². The fourth-order valence-corrected chi connectivity index (χ4v) is 6.94. The fourth-order valence-electron chi connectivity index (χ4n) is 5.61. The quantitative estimate of drug-likeness (QED) is 0.132. The van der Waals surface area contributed by atoms with Crippen LogP contribution in [0.1, 0.15) is 104 Å². The first-order valence-corrected chi connectivity index (χ1v) is 19.6. The average molecular weight is 865 g/mol. The molecule has 264 valence electrons. The van der Waals surface area contributed by atoms with E-state index >= 15 is 0 Å². The molecule has 0 bridgehead atoms. The van der Waals surface area contributed by atoms with Crippen molar-refractivity contribution in [3.05, 3.63) is 153 Å². The molecular weight excluding hydrogens is 820 g/mol. The molecule has 0 saturated heterocycles. The van der Waals surface area contributed by atoms with Gasteiger partial charge in [-0.05, 0) is 17.4 Å². The van der Waals surface area contributed by atoms with Crippen molar-refractivity contribution in [1.29, 1.82) is 0 Å². The van der Waals surface area contributed by atoms with E-state index in [1.165, 1.54) is 71.9 Å². The van der Waals surface area contributed by atoms with Gasteiger partial charge in [-0.2, -0.15) is 35.4 Å². The Hall–Kier alpha value is -1.15. The molecule has 0 aromatic heterocycles. The molecule has 0 amide bonds. The summed E-state index contributed by atoms with van der Waals surface area (Å²) in [5, 5.41) is 0. The molecule has 0 heterocycles. The molecule has 7 heteroatoms. The molecule has 0 atom stereocenters. The van der Waals surface area contributed by atoms with Crippen LogP contribution in [0.4, 0.5) is 0 Å². The Morgan fingerprint density at radius 3 is 1.52 bits per heavy atom. The van der Waals surface area contributed by atoms with E-state index in [2.05, 4.69) is 114 Å². The van der Waals surface area contributed by atoms with Gasteiger partial charge in [0.25, 0.3) is 0 Å². The number of allylic oxidation sites excluding steroid dienone is 4. The van der Waals surface area contributed by atoms with Crippen molar-refractivity contribution >= 4 is 49.6 Å². The fraction of sp³-hybridized carbons (Fsp3) is 0.326. The van der Waals surface area contributed by atoms with Crippen molar-refractivity contribution in [2.24, 2.45) is 0 Å². The van der Waals surface area contributed by atoms with Gasteiger partial charge in [0.15, 0.2) is 0 Å². The van der Waals surface area contributed by atoms with E-state index in [1.54, 1.807) is 0 Å². The van der Waals surface area contributed by atoms with E-state index in [0.29, 0.717) is 23.5 Å². The molecular formula is C43H44Cl6Zr-2. The van der Waals surface area contributed by atoms with Crippen LogP contribution in [0.2, 0.25) is 0 Å². The molecule has 0 nitrogen and oxygen atoms in total. The van der Waals surface area contributed by atoms with Gasteiger partial charge in [0.2, 0.25) is 0 Å². The van der Waals surface area contributed by atoms with E-state index < -0.39 is 0 Å². The van der Waals surface area contributed by atoms with Gasteiger partial charge in [-0.15, -0.1) is 12.0 Å². The third-order valence-electron chi connectivity index (χ3n) is 8.41. The van der Waals surface area contributed by atoms with Crippen LogP contribution in [0.5, 0.6) is 0 Å². The van der Waals surface area contributed by atoms with Crippen molar-refractivity contribution in [3.63, 3.8) is 0 Å². The van der Waals surface area contributed by atoms with Gasteiger partial charge in [-0.25, -0.2) is 12.2 Å². The summed E-state index contributed by atoms with van der Waals surface area (Å²) in [5.74, 6) is 1.93. The molecule has 6 rings (SSSR count). The third-order valence-corrected chi connectivity index (χ3v) is 11.1. The summed E-state index contributed by atoms with van der Waals surface area (Å²) in [5.41, 5.74) is 15.4. The van der Waals surface area contributed by atoms with Crippen LogP contribution >= 0.6 is 46.4 Å². The summed E-state index contributed by atoms with van der Waals surface area (Å²) in [7, 11) is 0. The van der Waals surface area contributed by atoms with Crippen LogP contribution in [0.15, 0.2) is 85.0 Å². The Kier molecular flexibility index (Phi) is 18.3. The van der Waals surface area contributed by atoms with Crippen LogP contribution < -0.4 is 24.8 Å². The van der Waals surface area contributed by atoms with Gasteiger partial charge in [-0.3, -0.25) is 6.08 Å². The van der Waals surface area contributed by atoms with Crippen LogP contribution in [-0.4, -0.2) is 3.21 Å². The van der Waals surface area contributed by atoms with Crippen molar-refractivity contribution < 1.29 is 49.0 Å².